The molecule has 3 heterocycles. The minimum absolute atomic E-state index is 0.0631. The van der Waals surface area contributed by atoms with Crippen LogP contribution in [-0.2, 0) is 0 Å². The molecule has 1 aromatic carbocycles. The number of likely N-dealkylation sites (N-methyl/N-ethyl adjacent to an activating group) is 1. The quantitative estimate of drug-likeness (QED) is 0.573. The monoisotopic (exact) mass is 428 g/mol. The molecule has 0 saturated carbocycles. The summed E-state index contributed by atoms with van der Waals surface area (Å²) in [6, 6.07) is 10.6. The standard InChI is InChI=1S/C22H29FN6O2/c1-16-19(23)4-3-11-28(16)18-7-5-17(6-8-18)24-22-20(29(30)31)9-10-21(25-22)27-14-12-26(2)13-15-27/h5-10,16,19H,3-4,11-15H2,1-2H3,(H,24,25). The van der Waals surface area contributed by atoms with Crippen LogP contribution in [0.4, 0.5) is 33.1 Å². The Balaban J connectivity index is 1.53. The Labute approximate surface area is 181 Å². The van der Waals surface area contributed by atoms with Crippen molar-refractivity contribution >= 4 is 28.7 Å². The number of benzene rings is 1. The van der Waals surface area contributed by atoms with Gasteiger partial charge in [-0.15, -0.1) is 0 Å². The summed E-state index contributed by atoms with van der Waals surface area (Å²) in [5, 5.41) is 14.6. The summed E-state index contributed by atoms with van der Waals surface area (Å²) in [7, 11) is 2.08. The van der Waals surface area contributed by atoms with Gasteiger partial charge >= 0.3 is 5.69 Å². The lowest BCUT2D eigenvalue weighted by Crippen LogP contribution is -2.44. The van der Waals surface area contributed by atoms with E-state index in [1.165, 1.54) is 6.07 Å². The van der Waals surface area contributed by atoms with Crippen LogP contribution in [0.3, 0.4) is 0 Å². The first-order valence-electron chi connectivity index (χ1n) is 10.8. The fraction of sp³-hybridized carbons (Fsp3) is 0.500. The predicted octanol–water partition coefficient (Wildman–Crippen LogP) is 3.81. The van der Waals surface area contributed by atoms with Crippen LogP contribution in [0, 0.1) is 10.1 Å². The van der Waals surface area contributed by atoms with E-state index in [0.29, 0.717) is 12.1 Å². The Morgan fingerprint density at radius 1 is 1.10 bits per heavy atom. The van der Waals surface area contributed by atoms with Gasteiger partial charge in [-0.25, -0.2) is 9.37 Å². The molecule has 166 valence electrons. The van der Waals surface area contributed by atoms with E-state index in [-0.39, 0.29) is 17.5 Å². The number of rotatable bonds is 5. The summed E-state index contributed by atoms with van der Waals surface area (Å²) in [6.07, 6.45) is 0.618. The van der Waals surface area contributed by atoms with E-state index in [2.05, 4.69) is 32.0 Å². The van der Waals surface area contributed by atoms with Gasteiger partial charge in [0, 0.05) is 50.2 Å². The molecule has 2 aliphatic heterocycles. The van der Waals surface area contributed by atoms with Crippen LogP contribution in [-0.4, -0.2) is 66.8 Å². The summed E-state index contributed by atoms with van der Waals surface area (Å²) in [5.74, 6) is 0.957. The number of alkyl halides is 1. The molecule has 2 aliphatic rings. The minimum atomic E-state index is -0.823. The molecular weight excluding hydrogens is 399 g/mol. The molecule has 0 aliphatic carbocycles. The van der Waals surface area contributed by atoms with E-state index in [0.717, 1.165) is 50.6 Å². The topological polar surface area (TPSA) is 77.8 Å². The zero-order valence-electron chi connectivity index (χ0n) is 18.0. The smallest absolute Gasteiger partial charge is 0.311 e. The van der Waals surface area contributed by atoms with Gasteiger partial charge in [-0.3, -0.25) is 10.1 Å². The summed E-state index contributed by atoms with van der Waals surface area (Å²) < 4.78 is 14.1. The Morgan fingerprint density at radius 3 is 2.48 bits per heavy atom. The van der Waals surface area contributed by atoms with Gasteiger partial charge in [0.1, 0.15) is 12.0 Å². The van der Waals surface area contributed by atoms with Crippen LogP contribution >= 0.6 is 0 Å². The molecule has 1 aromatic heterocycles. The van der Waals surface area contributed by atoms with Gasteiger partial charge in [-0.05, 0) is 57.1 Å². The molecule has 2 atom stereocenters. The molecule has 8 nitrogen and oxygen atoms in total. The van der Waals surface area contributed by atoms with Crippen molar-refractivity contribution in [2.75, 3.05) is 54.9 Å². The van der Waals surface area contributed by atoms with Crippen molar-refractivity contribution in [3.63, 3.8) is 0 Å². The van der Waals surface area contributed by atoms with Crippen molar-refractivity contribution in [3.05, 3.63) is 46.5 Å². The highest BCUT2D eigenvalue weighted by Gasteiger charge is 2.28. The Morgan fingerprint density at radius 2 is 1.81 bits per heavy atom. The average Bonchev–Trinajstić information content (AvgIpc) is 2.77. The van der Waals surface area contributed by atoms with Gasteiger partial charge in [-0.2, -0.15) is 0 Å². The van der Waals surface area contributed by atoms with Gasteiger partial charge < -0.3 is 20.0 Å². The maximum absolute atomic E-state index is 14.1. The largest absolute Gasteiger partial charge is 0.366 e. The molecule has 0 bridgehead atoms. The zero-order chi connectivity index (χ0) is 22.0. The SMILES string of the molecule is CC1C(F)CCCN1c1ccc(Nc2nc(N3CCN(C)CC3)ccc2[N+](=O)[O-])cc1. The van der Waals surface area contributed by atoms with Gasteiger partial charge in [-0.1, -0.05) is 0 Å². The van der Waals surface area contributed by atoms with E-state index < -0.39 is 11.1 Å². The lowest BCUT2D eigenvalue weighted by Gasteiger charge is -2.37. The number of halogens is 1. The van der Waals surface area contributed by atoms with Crippen molar-refractivity contribution in [1.82, 2.24) is 9.88 Å². The average molecular weight is 429 g/mol. The van der Waals surface area contributed by atoms with E-state index in [1.54, 1.807) is 6.07 Å². The van der Waals surface area contributed by atoms with Crippen LogP contribution in [0.2, 0.25) is 0 Å². The predicted molar refractivity (Wildman–Crippen MR) is 121 cm³/mol. The second-order valence-electron chi connectivity index (χ2n) is 8.35. The third-order valence-corrected chi connectivity index (χ3v) is 6.24. The summed E-state index contributed by atoms with van der Waals surface area (Å²) in [5.41, 5.74) is 1.59. The lowest BCUT2D eigenvalue weighted by atomic mass is 10.0. The highest BCUT2D eigenvalue weighted by Crippen LogP contribution is 2.31. The molecular formula is C22H29FN6O2. The van der Waals surface area contributed by atoms with Gasteiger partial charge in [0.2, 0.25) is 5.82 Å². The summed E-state index contributed by atoms with van der Waals surface area (Å²) in [4.78, 5) is 22.1. The Hall–Kier alpha value is -2.94. The fourth-order valence-corrected chi connectivity index (χ4v) is 4.23. The van der Waals surface area contributed by atoms with Crippen molar-refractivity contribution in [2.45, 2.75) is 32.0 Å². The zero-order valence-corrected chi connectivity index (χ0v) is 18.0. The third-order valence-electron chi connectivity index (χ3n) is 6.24. The molecule has 2 fully saturated rings. The fourth-order valence-electron chi connectivity index (χ4n) is 4.23. The first kappa shape index (κ1) is 21.3. The summed E-state index contributed by atoms with van der Waals surface area (Å²) in [6.45, 7) is 6.26. The number of piperidine rings is 1. The van der Waals surface area contributed by atoms with Crippen molar-refractivity contribution in [3.8, 4) is 0 Å². The number of nitrogens with one attached hydrogen (secondary N) is 1. The normalized spacial score (nSPS) is 22.4. The van der Waals surface area contributed by atoms with Crippen molar-refractivity contribution in [2.24, 2.45) is 0 Å². The first-order valence-corrected chi connectivity index (χ1v) is 10.8. The molecule has 9 heteroatoms. The molecule has 0 spiro atoms. The van der Waals surface area contributed by atoms with Crippen LogP contribution in [0.5, 0.6) is 0 Å². The molecule has 31 heavy (non-hydrogen) atoms. The van der Waals surface area contributed by atoms with Gasteiger partial charge in [0.05, 0.1) is 11.0 Å². The molecule has 1 N–H and O–H groups in total. The van der Waals surface area contributed by atoms with E-state index in [4.69, 9.17) is 0 Å². The number of aromatic nitrogens is 1. The molecule has 0 amide bonds. The highest BCUT2D eigenvalue weighted by molar-refractivity contribution is 5.69. The lowest BCUT2D eigenvalue weighted by molar-refractivity contribution is -0.384. The van der Waals surface area contributed by atoms with E-state index in [1.807, 2.05) is 31.2 Å². The number of nitro groups is 1. The van der Waals surface area contributed by atoms with Crippen LogP contribution in [0.1, 0.15) is 19.8 Å². The maximum atomic E-state index is 14.1. The minimum Gasteiger partial charge on any atom is -0.366 e. The second kappa shape index (κ2) is 9.05. The molecule has 4 rings (SSSR count). The maximum Gasteiger partial charge on any atom is 0.311 e. The number of hydrogen-bond acceptors (Lipinski definition) is 7. The number of pyridine rings is 1. The number of hydrogen-bond donors (Lipinski definition) is 1. The second-order valence-corrected chi connectivity index (χ2v) is 8.35. The van der Waals surface area contributed by atoms with E-state index in [9.17, 15) is 14.5 Å². The van der Waals surface area contributed by atoms with Gasteiger partial charge in [0.15, 0.2) is 0 Å². The van der Waals surface area contributed by atoms with E-state index >= 15 is 0 Å². The summed E-state index contributed by atoms with van der Waals surface area (Å²) >= 11 is 0. The van der Waals surface area contributed by atoms with Crippen molar-refractivity contribution < 1.29 is 9.31 Å². The van der Waals surface area contributed by atoms with Crippen LogP contribution in [0.25, 0.3) is 0 Å². The first-order chi connectivity index (χ1) is 14.9. The molecule has 0 radical (unpaired) electrons. The Kier molecular flexibility index (Phi) is 6.22. The molecule has 2 unspecified atom stereocenters. The van der Waals surface area contributed by atoms with Gasteiger partial charge in [0.25, 0.3) is 0 Å². The van der Waals surface area contributed by atoms with Crippen LogP contribution in [0.15, 0.2) is 36.4 Å². The Bertz CT molecular complexity index is 917. The molecule has 2 saturated heterocycles. The molecule has 2 aromatic rings. The van der Waals surface area contributed by atoms with Crippen molar-refractivity contribution in [1.29, 1.82) is 0 Å². The third kappa shape index (κ3) is 4.71. The van der Waals surface area contributed by atoms with Crippen LogP contribution < -0.4 is 15.1 Å². The number of nitrogens with zero attached hydrogens (tertiary/aromatic N) is 5. The number of anilines is 4. The highest BCUT2D eigenvalue weighted by atomic mass is 19.1. The number of piperazine rings is 1.